The summed E-state index contributed by atoms with van der Waals surface area (Å²) in [6, 6.07) is 12.2. The predicted molar refractivity (Wildman–Crippen MR) is 81.2 cm³/mol. The first kappa shape index (κ1) is 12.7. The van der Waals surface area contributed by atoms with Crippen molar-refractivity contribution in [3.05, 3.63) is 47.5 Å². The van der Waals surface area contributed by atoms with Crippen LogP contribution in [0.2, 0.25) is 0 Å². The van der Waals surface area contributed by atoms with Gasteiger partial charge in [-0.15, -0.1) is 18.5 Å². The van der Waals surface area contributed by atoms with Crippen molar-refractivity contribution < 1.29 is 5.11 Å². The Morgan fingerprint density at radius 1 is 0.941 bits per heavy atom. The normalized spacial score (nSPS) is 10.6. The fourth-order valence-electron chi connectivity index (χ4n) is 2.09. The Morgan fingerprint density at radius 2 is 1.53 bits per heavy atom. The van der Waals surface area contributed by atoms with Crippen LogP contribution in [0.25, 0.3) is 11.1 Å². The van der Waals surface area contributed by atoms with Crippen LogP contribution in [0.4, 0.5) is 0 Å². The van der Waals surface area contributed by atoms with E-state index in [1.807, 2.05) is 18.2 Å². The quantitative estimate of drug-likeness (QED) is 0.822. The summed E-state index contributed by atoms with van der Waals surface area (Å²) in [5.41, 5.74) is 4.52. The molecule has 0 fully saturated rings. The highest BCUT2D eigenvalue weighted by Gasteiger charge is 2.12. The Morgan fingerprint density at radius 3 is 2.12 bits per heavy atom. The molecule has 0 amide bonds. The van der Waals surface area contributed by atoms with Gasteiger partial charge in [0.25, 0.3) is 0 Å². The summed E-state index contributed by atoms with van der Waals surface area (Å²) in [6.45, 7) is 2.16. The molecule has 2 aromatic carbocycles. The number of aliphatic hydroxyl groups excluding tert-OH is 1. The Balaban J connectivity index is 2.76. The van der Waals surface area contributed by atoms with E-state index < -0.39 is 0 Å². The Labute approximate surface area is 107 Å². The summed E-state index contributed by atoms with van der Waals surface area (Å²) < 4.78 is 0. The molecule has 0 bridgehead atoms. The number of rotatable bonds is 2. The molecule has 0 heterocycles. The van der Waals surface area contributed by atoms with Gasteiger partial charge in [-0.1, -0.05) is 36.4 Å². The molecular weight excluding hydrogens is 246 g/mol. The first-order valence-corrected chi connectivity index (χ1v) is 6.64. The van der Waals surface area contributed by atoms with Gasteiger partial charge in [0.1, 0.15) is 0 Å². The van der Waals surface area contributed by atoms with Gasteiger partial charge in [-0.25, -0.2) is 0 Å². The van der Waals surface area contributed by atoms with Crippen molar-refractivity contribution in [1.29, 1.82) is 0 Å². The number of hydrogen-bond donors (Lipinski definition) is 1. The Hall–Kier alpha value is -0.740. The van der Waals surface area contributed by atoms with Crippen molar-refractivity contribution in [3.63, 3.8) is 0 Å². The average molecular weight is 262 g/mol. The number of benzene rings is 2. The minimum Gasteiger partial charge on any atom is -0.392 e. The number of aryl methyl sites for hydroxylation is 1. The van der Waals surface area contributed by atoms with Crippen LogP contribution in [0.5, 0.6) is 0 Å². The molecule has 2 unspecified atom stereocenters. The first-order valence-electron chi connectivity index (χ1n) is 5.49. The van der Waals surface area contributed by atoms with E-state index in [2.05, 4.69) is 43.6 Å². The molecule has 0 radical (unpaired) electrons. The molecular formula is C14H16OP2. The molecule has 0 aromatic heterocycles. The monoisotopic (exact) mass is 262 g/mol. The molecule has 0 saturated carbocycles. The summed E-state index contributed by atoms with van der Waals surface area (Å²) in [5, 5.41) is 11.8. The minimum atomic E-state index is 0.0655. The van der Waals surface area contributed by atoms with Crippen LogP contribution in [-0.2, 0) is 6.61 Å². The van der Waals surface area contributed by atoms with Crippen molar-refractivity contribution in [1.82, 2.24) is 0 Å². The first-order chi connectivity index (χ1) is 8.15. The summed E-state index contributed by atoms with van der Waals surface area (Å²) in [6.07, 6.45) is 0. The zero-order chi connectivity index (χ0) is 12.4. The van der Waals surface area contributed by atoms with Crippen LogP contribution in [0.15, 0.2) is 36.4 Å². The maximum absolute atomic E-state index is 9.47. The van der Waals surface area contributed by atoms with Gasteiger partial charge < -0.3 is 5.11 Å². The average Bonchev–Trinajstić information content (AvgIpc) is 2.30. The lowest BCUT2D eigenvalue weighted by atomic mass is 9.96. The topological polar surface area (TPSA) is 20.2 Å². The van der Waals surface area contributed by atoms with E-state index in [1.54, 1.807) is 0 Å². The lowest BCUT2D eigenvalue weighted by molar-refractivity contribution is 0.282. The van der Waals surface area contributed by atoms with E-state index in [0.717, 1.165) is 21.7 Å². The third kappa shape index (κ3) is 2.43. The van der Waals surface area contributed by atoms with Gasteiger partial charge in [0.2, 0.25) is 0 Å². The van der Waals surface area contributed by atoms with Gasteiger partial charge in [0, 0.05) is 0 Å². The highest BCUT2D eigenvalue weighted by molar-refractivity contribution is 7.29. The minimum absolute atomic E-state index is 0.0655. The molecule has 0 aliphatic heterocycles. The zero-order valence-electron chi connectivity index (χ0n) is 9.77. The van der Waals surface area contributed by atoms with E-state index in [0.29, 0.717) is 0 Å². The smallest absolute Gasteiger partial charge is 0.0688 e. The Kier molecular flexibility index (Phi) is 3.94. The van der Waals surface area contributed by atoms with Crippen LogP contribution < -0.4 is 10.6 Å². The van der Waals surface area contributed by atoms with Crippen molar-refractivity contribution >= 4 is 29.1 Å². The second-order valence-electron chi connectivity index (χ2n) is 4.08. The lowest BCUT2D eigenvalue weighted by Crippen LogP contribution is -2.09. The van der Waals surface area contributed by atoms with Crippen molar-refractivity contribution in [2.45, 2.75) is 13.5 Å². The molecule has 0 aliphatic rings. The molecule has 88 valence electrons. The molecule has 2 aromatic rings. The van der Waals surface area contributed by atoms with Gasteiger partial charge in [-0.3, -0.25) is 0 Å². The van der Waals surface area contributed by atoms with Gasteiger partial charge >= 0.3 is 0 Å². The van der Waals surface area contributed by atoms with Crippen LogP contribution >= 0.6 is 18.5 Å². The molecule has 3 heteroatoms. The highest BCUT2D eigenvalue weighted by atomic mass is 31.0. The van der Waals surface area contributed by atoms with Crippen molar-refractivity contribution in [2.24, 2.45) is 0 Å². The summed E-state index contributed by atoms with van der Waals surface area (Å²) in [4.78, 5) is 0. The van der Waals surface area contributed by atoms with E-state index in [9.17, 15) is 5.11 Å². The predicted octanol–water partition coefficient (Wildman–Crippen LogP) is 2.16. The third-order valence-corrected chi connectivity index (χ3v) is 3.87. The van der Waals surface area contributed by atoms with E-state index in [4.69, 9.17) is 0 Å². The van der Waals surface area contributed by atoms with Gasteiger partial charge in [0.15, 0.2) is 0 Å². The fraction of sp³-hybridized carbons (Fsp3) is 0.143. The maximum Gasteiger partial charge on any atom is 0.0688 e. The van der Waals surface area contributed by atoms with Crippen molar-refractivity contribution in [3.8, 4) is 11.1 Å². The number of hydrogen-bond acceptors (Lipinski definition) is 1. The standard InChI is InChI=1S/C14H16OP2/c1-9-4-2-6-11(16)13(9)14-10(8-15)5-3-7-12(14)17/h2-7,15H,8,16-17H2,1H3. The molecule has 0 saturated heterocycles. The molecule has 2 atom stereocenters. The van der Waals surface area contributed by atoms with Gasteiger partial charge in [0.05, 0.1) is 6.61 Å². The molecule has 0 aliphatic carbocycles. The van der Waals surface area contributed by atoms with E-state index >= 15 is 0 Å². The summed E-state index contributed by atoms with van der Waals surface area (Å²) in [7, 11) is 5.52. The fourth-order valence-corrected chi connectivity index (χ4v) is 3.01. The van der Waals surface area contributed by atoms with E-state index in [-0.39, 0.29) is 6.61 Å². The number of aliphatic hydroxyl groups is 1. The second-order valence-corrected chi connectivity index (χ2v) is 5.32. The van der Waals surface area contributed by atoms with Crippen molar-refractivity contribution in [2.75, 3.05) is 0 Å². The second kappa shape index (κ2) is 5.27. The Bertz CT molecular complexity index is 530. The molecule has 2 rings (SSSR count). The molecule has 0 spiro atoms. The molecule has 1 N–H and O–H groups in total. The highest BCUT2D eigenvalue weighted by Crippen LogP contribution is 2.26. The lowest BCUT2D eigenvalue weighted by Gasteiger charge is -2.15. The maximum atomic E-state index is 9.47. The third-order valence-electron chi connectivity index (χ3n) is 2.91. The van der Waals surface area contributed by atoms with E-state index in [1.165, 1.54) is 11.1 Å². The van der Waals surface area contributed by atoms with Gasteiger partial charge in [-0.05, 0) is 39.8 Å². The van der Waals surface area contributed by atoms with Crippen LogP contribution in [0.1, 0.15) is 11.1 Å². The summed E-state index contributed by atoms with van der Waals surface area (Å²) >= 11 is 0. The molecule has 1 nitrogen and oxygen atoms in total. The molecule has 17 heavy (non-hydrogen) atoms. The van der Waals surface area contributed by atoms with Crippen LogP contribution in [0.3, 0.4) is 0 Å². The largest absolute Gasteiger partial charge is 0.392 e. The van der Waals surface area contributed by atoms with Gasteiger partial charge in [-0.2, -0.15) is 0 Å². The zero-order valence-corrected chi connectivity index (χ0v) is 12.1. The summed E-state index contributed by atoms with van der Waals surface area (Å²) in [5.74, 6) is 0. The van der Waals surface area contributed by atoms with Crippen LogP contribution in [0, 0.1) is 6.92 Å². The SMILES string of the molecule is Cc1cccc(P)c1-c1c(P)cccc1CO. The van der Waals surface area contributed by atoms with Crippen LogP contribution in [-0.4, -0.2) is 5.11 Å².